The van der Waals surface area contributed by atoms with Crippen LogP contribution >= 0.6 is 11.3 Å². The van der Waals surface area contributed by atoms with Crippen LogP contribution in [0, 0.1) is 0 Å². The summed E-state index contributed by atoms with van der Waals surface area (Å²) >= 11 is 1.88. The lowest BCUT2D eigenvalue weighted by Crippen LogP contribution is -1.96. The highest BCUT2D eigenvalue weighted by Crippen LogP contribution is 2.43. The number of fused-ring (bicyclic) bond motifs is 10. The Labute approximate surface area is 286 Å². The van der Waals surface area contributed by atoms with Gasteiger partial charge in [-0.15, -0.1) is 11.3 Å². The third-order valence-corrected chi connectivity index (χ3v) is 11.4. The number of aromatic nitrogens is 2. The summed E-state index contributed by atoms with van der Waals surface area (Å²) in [6.07, 6.45) is 0. The summed E-state index contributed by atoms with van der Waals surface area (Å²) in [6.45, 7) is 0. The highest BCUT2D eigenvalue weighted by atomic mass is 32.1. The standard InChI is InChI=1S/C46H28N2S/c1-2-12-33(13-3-1)48-43-27-42-37(25-38(43)39-26-40-36-15-7-9-17-45(36)49-46(40)28-44(39)48)35-14-6-8-16-41(35)47(42)34-22-20-30(21-23-34)32-19-18-29-10-4-5-11-31(29)24-32/h1-28H. The van der Waals surface area contributed by atoms with Crippen molar-refractivity contribution in [3.63, 3.8) is 0 Å². The summed E-state index contributed by atoms with van der Waals surface area (Å²) in [7, 11) is 0. The third-order valence-electron chi connectivity index (χ3n) is 10.3. The van der Waals surface area contributed by atoms with Crippen molar-refractivity contribution in [1.29, 1.82) is 0 Å². The van der Waals surface area contributed by atoms with Gasteiger partial charge in [0.25, 0.3) is 0 Å². The molecule has 3 heterocycles. The lowest BCUT2D eigenvalue weighted by Gasteiger charge is -2.11. The van der Waals surface area contributed by atoms with Crippen LogP contribution in [0.2, 0.25) is 0 Å². The van der Waals surface area contributed by atoms with Crippen LogP contribution in [0.3, 0.4) is 0 Å². The second kappa shape index (κ2) is 10.2. The van der Waals surface area contributed by atoms with E-state index in [0.717, 1.165) is 5.69 Å². The molecule has 8 aromatic carbocycles. The number of thiophene rings is 1. The molecule has 0 aliphatic carbocycles. The van der Waals surface area contributed by atoms with E-state index < -0.39 is 0 Å². The maximum Gasteiger partial charge on any atom is 0.0562 e. The third kappa shape index (κ3) is 3.94. The molecule has 0 amide bonds. The van der Waals surface area contributed by atoms with Crippen LogP contribution in [0.5, 0.6) is 0 Å². The monoisotopic (exact) mass is 640 g/mol. The largest absolute Gasteiger partial charge is 0.309 e. The normalized spacial score (nSPS) is 12.1. The second-order valence-corrected chi connectivity index (χ2v) is 14.1. The van der Waals surface area contributed by atoms with Gasteiger partial charge < -0.3 is 9.13 Å². The lowest BCUT2D eigenvalue weighted by atomic mass is 10.0. The Balaban J connectivity index is 1.18. The molecule has 228 valence electrons. The molecule has 0 bridgehead atoms. The predicted molar refractivity (Wildman–Crippen MR) is 211 cm³/mol. The van der Waals surface area contributed by atoms with Crippen LogP contribution in [0.4, 0.5) is 0 Å². The lowest BCUT2D eigenvalue weighted by molar-refractivity contribution is 1.17. The molecule has 0 atom stereocenters. The van der Waals surface area contributed by atoms with E-state index in [9.17, 15) is 0 Å². The Bertz CT molecular complexity index is 3090. The van der Waals surface area contributed by atoms with Crippen LogP contribution in [-0.2, 0) is 0 Å². The first-order valence-corrected chi connectivity index (χ1v) is 17.6. The topological polar surface area (TPSA) is 9.86 Å². The Morgan fingerprint density at radius 2 is 0.898 bits per heavy atom. The van der Waals surface area contributed by atoms with Gasteiger partial charge in [0.15, 0.2) is 0 Å². The minimum Gasteiger partial charge on any atom is -0.309 e. The summed E-state index contributed by atoms with van der Waals surface area (Å²) in [5.41, 5.74) is 9.65. The smallest absolute Gasteiger partial charge is 0.0562 e. The molecule has 0 unspecified atom stereocenters. The molecule has 0 N–H and O–H groups in total. The van der Waals surface area contributed by atoms with Crippen molar-refractivity contribution in [2.24, 2.45) is 0 Å². The predicted octanol–water partition coefficient (Wildman–Crippen LogP) is 13.1. The van der Waals surface area contributed by atoms with E-state index in [-0.39, 0.29) is 0 Å². The van der Waals surface area contributed by atoms with Crippen molar-refractivity contribution in [3.05, 3.63) is 170 Å². The second-order valence-electron chi connectivity index (χ2n) is 13.0. The maximum atomic E-state index is 2.46. The van der Waals surface area contributed by atoms with Gasteiger partial charge in [0.2, 0.25) is 0 Å². The molecule has 11 rings (SSSR count). The highest BCUT2D eigenvalue weighted by Gasteiger charge is 2.20. The summed E-state index contributed by atoms with van der Waals surface area (Å²) in [5, 5.41) is 10.3. The minimum absolute atomic E-state index is 1.16. The molecule has 3 aromatic heterocycles. The van der Waals surface area contributed by atoms with Crippen molar-refractivity contribution in [1.82, 2.24) is 9.13 Å². The van der Waals surface area contributed by atoms with Crippen LogP contribution in [0.1, 0.15) is 0 Å². The van der Waals surface area contributed by atoms with E-state index in [0.29, 0.717) is 0 Å². The van der Waals surface area contributed by atoms with Gasteiger partial charge in [-0.1, -0.05) is 103 Å². The molecule has 0 saturated carbocycles. The van der Waals surface area contributed by atoms with E-state index in [2.05, 4.69) is 179 Å². The van der Waals surface area contributed by atoms with E-state index in [1.54, 1.807) is 0 Å². The number of hydrogen-bond donors (Lipinski definition) is 0. The average molecular weight is 641 g/mol. The zero-order chi connectivity index (χ0) is 32.1. The average Bonchev–Trinajstić information content (AvgIpc) is 3.80. The van der Waals surface area contributed by atoms with E-state index in [1.165, 1.54) is 91.4 Å². The molecule has 0 radical (unpaired) electrons. The molecule has 3 heteroatoms. The molecular weight excluding hydrogens is 613 g/mol. The Morgan fingerprint density at radius 1 is 0.306 bits per heavy atom. The van der Waals surface area contributed by atoms with E-state index in [1.807, 2.05) is 11.3 Å². The van der Waals surface area contributed by atoms with Crippen LogP contribution in [0.25, 0.3) is 97.1 Å². The van der Waals surface area contributed by atoms with Crippen molar-refractivity contribution in [2.45, 2.75) is 0 Å². The number of para-hydroxylation sites is 2. The number of rotatable bonds is 3. The van der Waals surface area contributed by atoms with Gasteiger partial charge in [-0.25, -0.2) is 0 Å². The highest BCUT2D eigenvalue weighted by molar-refractivity contribution is 7.25. The van der Waals surface area contributed by atoms with Crippen molar-refractivity contribution < 1.29 is 0 Å². The van der Waals surface area contributed by atoms with Crippen LogP contribution in [-0.4, -0.2) is 9.13 Å². The van der Waals surface area contributed by atoms with Crippen LogP contribution < -0.4 is 0 Å². The van der Waals surface area contributed by atoms with Gasteiger partial charge in [-0.3, -0.25) is 0 Å². The zero-order valence-corrected chi connectivity index (χ0v) is 27.3. The van der Waals surface area contributed by atoms with Crippen molar-refractivity contribution in [2.75, 3.05) is 0 Å². The molecule has 0 aliphatic rings. The fourth-order valence-electron chi connectivity index (χ4n) is 8.00. The van der Waals surface area contributed by atoms with E-state index >= 15 is 0 Å². The van der Waals surface area contributed by atoms with E-state index in [4.69, 9.17) is 0 Å². The van der Waals surface area contributed by atoms with Gasteiger partial charge in [-0.05, 0) is 88.6 Å². The molecule has 0 fully saturated rings. The molecule has 0 aliphatic heterocycles. The minimum atomic E-state index is 1.16. The Morgan fingerprint density at radius 3 is 1.73 bits per heavy atom. The molecule has 0 saturated heterocycles. The molecule has 49 heavy (non-hydrogen) atoms. The Hall–Kier alpha value is -6.16. The van der Waals surface area contributed by atoms with Gasteiger partial charge >= 0.3 is 0 Å². The van der Waals surface area contributed by atoms with Gasteiger partial charge in [0.05, 0.1) is 22.1 Å². The van der Waals surface area contributed by atoms with Gasteiger partial charge in [0.1, 0.15) is 0 Å². The summed E-state index contributed by atoms with van der Waals surface area (Å²) in [6, 6.07) is 62.5. The Kier molecular flexibility index (Phi) is 5.57. The first-order valence-electron chi connectivity index (χ1n) is 16.8. The summed E-state index contributed by atoms with van der Waals surface area (Å²) < 4.78 is 7.55. The summed E-state index contributed by atoms with van der Waals surface area (Å²) in [5.74, 6) is 0. The number of benzene rings is 8. The SMILES string of the molecule is c1ccc(-n2c3cc4sc5ccccc5c4cc3c3cc4c5ccccc5n(-c5ccc(-c6ccc7ccccc7c6)cc5)c4cc32)cc1. The number of nitrogens with zero attached hydrogens (tertiary/aromatic N) is 2. The first kappa shape index (κ1) is 26.9. The fourth-order valence-corrected chi connectivity index (χ4v) is 9.12. The molecular formula is C46H28N2S. The fraction of sp³-hybridized carbons (Fsp3) is 0. The van der Waals surface area contributed by atoms with Gasteiger partial charge in [-0.2, -0.15) is 0 Å². The first-order chi connectivity index (χ1) is 24.3. The molecule has 2 nitrogen and oxygen atoms in total. The zero-order valence-electron chi connectivity index (χ0n) is 26.5. The van der Waals surface area contributed by atoms with Crippen LogP contribution in [0.15, 0.2) is 170 Å². The summed E-state index contributed by atoms with van der Waals surface area (Å²) in [4.78, 5) is 0. The maximum absolute atomic E-state index is 2.46. The van der Waals surface area contributed by atoms with Crippen molar-refractivity contribution >= 4 is 85.9 Å². The quantitative estimate of drug-likeness (QED) is 0.182. The molecule has 11 aromatic rings. The number of hydrogen-bond acceptors (Lipinski definition) is 1. The van der Waals surface area contributed by atoms with Crippen molar-refractivity contribution in [3.8, 4) is 22.5 Å². The van der Waals surface area contributed by atoms with Gasteiger partial charge in [0, 0.05) is 53.1 Å². The molecule has 0 spiro atoms.